The first kappa shape index (κ1) is 14.2. The van der Waals surface area contributed by atoms with Crippen LogP contribution in [0.25, 0.3) is 6.08 Å². The van der Waals surface area contributed by atoms with Crippen molar-refractivity contribution < 1.29 is 28.5 Å². The van der Waals surface area contributed by atoms with E-state index in [4.69, 9.17) is 4.74 Å². The Kier molecular flexibility index (Phi) is 3.58. The van der Waals surface area contributed by atoms with Crippen molar-refractivity contribution in [2.75, 3.05) is 0 Å². The second-order valence-corrected chi connectivity index (χ2v) is 4.73. The number of fused-ring (bicyclic) bond motifs is 1. The summed E-state index contributed by atoms with van der Waals surface area (Å²) in [4.78, 5) is 0. The minimum absolute atomic E-state index is 0.0385. The molecule has 114 valence electrons. The SMILES string of the molecule is Oc1ccc2c(c1O)OC(=Cc1ccccc1OC(F)F)C2. The van der Waals surface area contributed by atoms with Gasteiger partial charge in [-0.2, -0.15) is 8.78 Å². The molecule has 22 heavy (non-hydrogen) atoms. The summed E-state index contributed by atoms with van der Waals surface area (Å²) in [5.41, 5.74) is 1.14. The molecule has 1 heterocycles. The van der Waals surface area contributed by atoms with E-state index in [-0.39, 0.29) is 23.0 Å². The number of hydrogen-bond donors (Lipinski definition) is 2. The lowest BCUT2D eigenvalue weighted by atomic mass is 10.1. The molecule has 0 amide bonds. The van der Waals surface area contributed by atoms with E-state index in [0.717, 1.165) is 0 Å². The maximum atomic E-state index is 12.4. The minimum atomic E-state index is -2.91. The third-order valence-corrected chi connectivity index (χ3v) is 3.24. The average Bonchev–Trinajstić information content (AvgIpc) is 2.88. The van der Waals surface area contributed by atoms with E-state index < -0.39 is 6.61 Å². The summed E-state index contributed by atoms with van der Waals surface area (Å²) in [6.45, 7) is -2.91. The van der Waals surface area contributed by atoms with E-state index in [1.807, 2.05) is 0 Å². The molecule has 0 fully saturated rings. The molecule has 0 saturated carbocycles. The van der Waals surface area contributed by atoms with Crippen molar-refractivity contribution in [2.45, 2.75) is 13.0 Å². The lowest BCUT2D eigenvalue weighted by Gasteiger charge is -2.08. The molecule has 0 spiro atoms. The Morgan fingerprint density at radius 1 is 1.14 bits per heavy atom. The topological polar surface area (TPSA) is 58.9 Å². The minimum Gasteiger partial charge on any atom is -0.504 e. The predicted molar refractivity (Wildman–Crippen MR) is 75.2 cm³/mol. The highest BCUT2D eigenvalue weighted by atomic mass is 19.3. The van der Waals surface area contributed by atoms with Gasteiger partial charge in [-0.3, -0.25) is 0 Å². The molecule has 0 atom stereocenters. The number of ether oxygens (including phenoxy) is 2. The van der Waals surface area contributed by atoms with Crippen LogP contribution < -0.4 is 9.47 Å². The second kappa shape index (κ2) is 5.55. The van der Waals surface area contributed by atoms with Crippen molar-refractivity contribution in [1.82, 2.24) is 0 Å². The maximum absolute atomic E-state index is 12.4. The Hall–Kier alpha value is -2.76. The number of phenols is 2. The van der Waals surface area contributed by atoms with Crippen LogP contribution in [0.5, 0.6) is 23.0 Å². The molecule has 0 aliphatic carbocycles. The monoisotopic (exact) mass is 306 g/mol. The number of benzene rings is 2. The first-order valence-corrected chi connectivity index (χ1v) is 6.50. The van der Waals surface area contributed by atoms with Gasteiger partial charge in [0.25, 0.3) is 0 Å². The standard InChI is InChI=1S/C16H12F2O4/c17-16(18)22-13-4-2-1-3-9(13)7-11-8-10-5-6-12(19)14(20)15(10)21-11/h1-7,16,19-20H,8H2. The van der Waals surface area contributed by atoms with Crippen molar-refractivity contribution >= 4 is 6.08 Å². The van der Waals surface area contributed by atoms with E-state index in [1.54, 1.807) is 30.3 Å². The van der Waals surface area contributed by atoms with Gasteiger partial charge >= 0.3 is 6.61 Å². The molecular formula is C16H12F2O4. The molecule has 3 rings (SSSR count). The van der Waals surface area contributed by atoms with Gasteiger partial charge in [0.15, 0.2) is 11.5 Å². The molecule has 0 unspecified atom stereocenters. The van der Waals surface area contributed by atoms with E-state index in [9.17, 15) is 19.0 Å². The molecule has 0 saturated heterocycles. The summed E-state index contributed by atoms with van der Waals surface area (Å²) in [7, 11) is 0. The van der Waals surface area contributed by atoms with Crippen LogP contribution >= 0.6 is 0 Å². The molecule has 2 N–H and O–H groups in total. The fraction of sp³-hybridized carbons (Fsp3) is 0.125. The number of allylic oxidation sites excluding steroid dienone is 1. The van der Waals surface area contributed by atoms with Gasteiger partial charge in [-0.25, -0.2) is 0 Å². The highest BCUT2D eigenvalue weighted by Crippen LogP contribution is 2.44. The van der Waals surface area contributed by atoms with Gasteiger partial charge in [0.1, 0.15) is 11.5 Å². The fourth-order valence-corrected chi connectivity index (χ4v) is 2.27. The van der Waals surface area contributed by atoms with Gasteiger partial charge in [-0.05, 0) is 18.2 Å². The van der Waals surface area contributed by atoms with Crippen LogP contribution in [0.1, 0.15) is 11.1 Å². The summed E-state index contributed by atoms with van der Waals surface area (Å²) in [6, 6.07) is 9.34. The number of alkyl halides is 2. The first-order valence-electron chi connectivity index (χ1n) is 6.50. The van der Waals surface area contributed by atoms with Crippen LogP contribution in [-0.4, -0.2) is 16.8 Å². The van der Waals surface area contributed by atoms with Gasteiger partial charge in [-0.1, -0.05) is 24.3 Å². The zero-order chi connectivity index (χ0) is 15.7. The summed E-state index contributed by atoms with van der Waals surface area (Å²) < 4.78 is 34.7. The molecule has 0 radical (unpaired) electrons. The Bertz CT molecular complexity index is 741. The van der Waals surface area contributed by atoms with Crippen molar-refractivity contribution in [3.63, 3.8) is 0 Å². The molecule has 0 aromatic heterocycles. The first-order chi connectivity index (χ1) is 10.5. The van der Waals surface area contributed by atoms with Crippen LogP contribution in [-0.2, 0) is 6.42 Å². The van der Waals surface area contributed by atoms with Crippen molar-refractivity contribution in [1.29, 1.82) is 0 Å². The van der Waals surface area contributed by atoms with E-state index >= 15 is 0 Å². The highest BCUT2D eigenvalue weighted by molar-refractivity contribution is 5.64. The molecule has 2 aromatic carbocycles. The molecule has 4 nitrogen and oxygen atoms in total. The third kappa shape index (κ3) is 2.67. The molecule has 1 aliphatic heterocycles. The Morgan fingerprint density at radius 3 is 2.68 bits per heavy atom. The number of para-hydroxylation sites is 1. The van der Waals surface area contributed by atoms with Crippen LogP contribution in [0.2, 0.25) is 0 Å². The average molecular weight is 306 g/mol. The lowest BCUT2D eigenvalue weighted by molar-refractivity contribution is -0.0500. The summed E-state index contributed by atoms with van der Waals surface area (Å²) >= 11 is 0. The highest BCUT2D eigenvalue weighted by Gasteiger charge is 2.23. The van der Waals surface area contributed by atoms with Gasteiger partial charge < -0.3 is 19.7 Å². The maximum Gasteiger partial charge on any atom is 0.387 e. The quantitative estimate of drug-likeness (QED) is 0.849. The normalized spacial score (nSPS) is 15.0. The van der Waals surface area contributed by atoms with Crippen LogP contribution in [0.3, 0.4) is 0 Å². The number of hydrogen-bond acceptors (Lipinski definition) is 4. The molecule has 0 bridgehead atoms. The third-order valence-electron chi connectivity index (χ3n) is 3.24. The Morgan fingerprint density at radius 2 is 1.91 bits per heavy atom. The Balaban J connectivity index is 1.91. The predicted octanol–water partition coefficient (Wildman–Crippen LogP) is 3.68. The second-order valence-electron chi connectivity index (χ2n) is 4.73. The van der Waals surface area contributed by atoms with Crippen molar-refractivity contribution in [3.8, 4) is 23.0 Å². The van der Waals surface area contributed by atoms with E-state index in [0.29, 0.717) is 23.3 Å². The Labute approximate surface area is 124 Å². The number of aromatic hydroxyl groups is 2. The fourth-order valence-electron chi connectivity index (χ4n) is 2.27. The smallest absolute Gasteiger partial charge is 0.387 e. The number of halogens is 2. The summed E-state index contributed by atoms with van der Waals surface area (Å²) in [5.74, 6) is 0.0656. The summed E-state index contributed by atoms with van der Waals surface area (Å²) in [5, 5.41) is 19.2. The van der Waals surface area contributed by atoms with Gasteiger partial charge in [0.05, 0.1) is 0 Å². The zero-order valence-corrected chi connectivity index (χ0v) is 11.3. The zero-order valence-electron chi connectivity index (χ0n) is 11.3. The summed E-state index contributed by atoms with van der Waals surface area (Å²) in [6.07, 6.45) is 1.94. The largest absolute Gasteiger partial charge is 0.504 e. The molecule has 6 heteroatoms. The van der Waals surface area contributed by atoms with Gasteiger partial charge in [-0.15, -0.1) is 0 Å². The van der Waals surface area contributed by atoms with Crippen LogP contribution in [0.4, 0.5) is 8.78 Å². The van der Waals surface area contributed by atoms with Gasteiger partial charge in [0, 0.05) is 17.5 Å². The molecular weight excluding hydrogens is 294 g/mol. The molecule has 1 aliphatic rings. The van der Waals surface area contributed by atoms with E-state index in [1.165, 1.54) is 12.1 Å². The number of rotatable bonds is 3. The van der Waals surface area contributed by atoms with E-state index in [2.05, 4.69) is 4.74 Å². The van der Waals surface area contributed by atoms with Crippen molar-refractivity contribution in [2.24, 2.45) is 0 Å². The van der Waals surface area contributed by atoms with Crippen LogP contribution in [0, 0.1) is 0 Å². The lowest BCUT2D eigenvalue weighted by Crippen LogP contribution is -2.03. The van der Waals surface area contributed by atoms with Crippen LogP contribution in [0.15, 0.2) is 42.2 Å². The number of phenolic OH excluding ortho intramolecular Hbond substituents is 2. The van der Waals surface area contributed by atoms with Crippen molar-refractivity contribution in [3.05, 3.63) is 53.3 Å². The van der Waals surface area contributed by atoms with Gasteiger partial charge in [0.2, 0.25) is 5.75 Å². The molecule has 2 aromatic rings.